The van der Waals surface area contributed by atoms with Crippen LogP contribution in [0.3, 0.4) is 0 Å². The van der Waals surface area contributed by atoms with Crippen LogP contribution in [0.2, 0.25) is 0 Å². The average molecular weight is 371 g/mol. The second-order valence-electron chi connectivity index (χ2n) is 6.54. The number of hydrogen-bond donors (Lipinski definition) is 1. The number of rotatable bonds is 7. The number of methoxy groups -OCH3 is 1. The van der Waals surface area contributed by atoms with E-state index in [2.05, 4.69) is 52.9 Å². The molecule has 5 heteroatoms. The van der Waals surface area contributed by atoms with Crippen molar-refractivity contribution in [2.45, 2.75) is 30.3 Å². The number of amides is 1. The maximum Gasteiger partial charge on any atom is 0.224 e. The molecule has 0 unspecified atom stereocenters. The lowest BCUT2D eigenvalue weighted by Crippen LogP contribution is -2.22. The molecule has 1 amide bonds. The number of carbonyl (C=O) groups is 1. The lowest BCUT2D eigenvalue weighted by atomic mass is 10.1. The molecule has 1 fully saturated rings. The number of hydrogen-bond acceptors (Lipinski definition) is 4. The van der Waals surface area contributed by atoms with Crippen LogP contribution in [0.25, 0.3) is 0 Å². The number of nitrogens with one attached hydrogen (secondary N) is 1. The van der Waals surface area contributed by atoms with Gasteiger partial charge in [0.2, 0.25) is 5.91 Å². The molecule has 2 aromatic carbocycles. The summed E-state index contributed by atoms with van der Waals surface area (Å²) in [5, 5.41) is 2.99. The zero-order chi connectivity index (χ0) is 18.4. The molecule has 1 saturated heterocycles. The van der Waals surface area contributed by atoms with Crippen molar-refractivity contribution in [1.29, 1.82) is 0 Å². The fourth-order valence-electron chi connectivity index (χ4n) is 3.18. The molecule has 0 bridgehead atoms. The Labute approximate surface area is 159 Å². The molecule has 138 valence electrons. The highest BCUT2D eigenvalue weighted by Crippen LogP contribution is 2.23. The Morgan fingerprint density at radius 3 is 2.54 bits per heavy atom. The van der Waals surface area contributed by atoms with E-state index in [0.29, 0.717) is 12.5 Å². The predicted octanol–water partition coefficient (Wildman–Crippen LogP) is 4.20. The minimum absolute atomic E-state index is 0.0484. The largest absolute Gasteiger partial charge is 0.380 e. The zero-order valence-corrected chi connectivity index (χ0v) is 16.2. The van der Waals surface area contributed by atoms with Gasteiger partial charge in [-0.2, -0.15) is 0 Å². The third-order valence-electron chi connectivity index (χ3n) is 4.79. The Bertz CT molecular complexity index is 716. The molecular formula is C21H26N2O2S. The second-order valence-corrected chi connectivity index (χ2v) is 7.42. The van der Waals surface area contributed by atoms with Gasteiger partial charge in [0.1, 0.15) is 0 Å². The number of aryl methyl sites for hydroxylation is 1. The maximum absolute atomic E-state index is 12.2. The molecule has 0 saturated carbocycles. The molecule has 0 aliphatic carbocycles. The maximum atomic E-state index is 12.2. The summed E-state index contributed by atoms with van der Waals surface area (Å²) in [6.07, 6.45) is 4.69. The number of thioether (sulfide) groups is 1. The van der Waals surface area contributed by atoms with Gasteiger partial charge in [0.15, 0.2) is 0 Å². The number of ether oxygens (including phenoxy) is 1. The van der Waals surface area contributed by atoms with Crippen molar-refractivity contribution >= 4 is 29.0 Å². The van der Waals surface area contributed by atoms with Gasteiger partial charge < -0.3 is 15.0 Å². The van der Waals surface area contributed by atoms with Gasteiger partial charge in [-0.1, -0.05) is 12.1 Å². The molecule has 0 radical (unpaired) electrons. The minimum atomic E-state index is 0.0484. The lowest BCUT2D eigenvalue weighted by molar-refractivity contribution is -0.116. The molecule has 1 heterocycles. The van der Waals surface area contributed by atoms with Crippen LogP contribution in [0.5, 0.6) is 0 Å². The van der Waals surface area contributed by atoms with E-state index in [1.807, 2.05) is 12.1 Å². The molecule has 3 rings (SSSR count). The first kappa shape index (κ1) is 18.8. The van der Waals surface area contributed by atoms with E-state index in [4.69, 9.17) is 4.74 Å². The normalized spacial score (nSPS) is 16.7. The van der Waals surface area contributed by atoms with Gasteiger partial charge in [0.05, 0.1) is 6.10 Å². The van der Waals surface area contributed by atoms with Crippen LogP contribution in [0.1, 0.15) is 18.4 Å². The second kappa shape index (κ2) is 9.10. The van der Waals surface area contributed by atoms with Crippen LogP contribution in [0.4, 0.5) is 11.4 Å². The molecule has 0 spiro atoms. The Morgan fingerprint density at radius 1 is 1.19 bits per heavy atom. The summed E-state index contributed by atoms with van der Waals surface area (Å²) in [6.45, 7) is 1.94. The highest BCUT2D eigenvalue weighted by molar-refractivity contribution is 7.98. The van der Waals surface area contributed by atoms with E-state index in [1.165, 1.54) is 16.1 Å². The molecule has 2 aromatic rings. The molecule has 1 aliphatic rings. The van der Waals surface area contributed by atoms with E-state index in [9.17, 15) is 4.79 Å². The van der Waals surface area contributed by atoms with E-state index < -0.39 is 0 Å². The van der Waals surface area contributed by atoms with Crippen molar-refractivity contribution in [3.05, 3.63) is 54.1 Å². The van der Waals surface area contributed by atoms with Gasteiger partial charge in [-0.05, 0) is 61.1 Å². The fourth-order valence-corrected chi connectivity index (χ4v) is 3.59. The third kappa shape index (κ3) is 5.02. The van der Waals surface area contributed by atoms with E-state index in [-0.39, 0.29) is 5.91 Å². The van der Waals surface area contributed by atoms with Crippen LogP contribution >= 0.6 is 11.8 Å². The molecule has 1 N–H and O–H groups in total. The van der Waals surface area contributed by atoms with Crippen molar-refractivity contribution < 1.29 is 9.53 Å². The van der Waals surface area contributed by atoms with Gasteiger partial charge in [-0.15, -0.1) is 11.8 Å². The minimum Gasteiger partial charge on any atom is -0.380 e. The van der Waals surface area contributed by atoms with Crippen molar-refractivity contribution in [2.24, 2.45) is 0 Å². The third-order valence-corrected chi connectivity index (χ3v) is 5.54. The molecule has 4 nitrogen and oxygen atoms in total. The standard InChI is InChI=1S/C21H26N2O2S/c1-25-19-13-14-23(15-19)18-8-6-17(7-9-18)22-21(24)12-5-16-3-10-20(26-2)11-4-16/h3-4,6-11,19H,5,12-15H2,1-2H3,(H,22,24)/t19-/m1/s1. The van der Waals surface area contributed by atoms with Crippen LogP contribution < -0.4 is 10.2 Å². The van der Waals surface area contributed by atoms with Crippen molar-refractivity contribution in [1.82, 2.24) is 0 Å². The molecule has 26 heavy (non-hydrogen) atoms. The van der Waals surface area contributed by atoms with Crippen molar-refractivity contribution in [3.8, 4) is 0 Å². The first-order chi connectivity index (χ1) is 12.7. The first-order valence-electron chi connectivity index (χ1n) is 8.98. The first-order valence-corrected chi connectivity index (χ1v) is 10.2. The molecular weight excluding hydrogens is 344 g/mol. The molecule has 1 aliphatic heterocycles. The Balaban J connectivity index is 1.48. The van der Waals surface area contributed by atoms with Crippen molar-refractivity contribution in [3.63, 3.8) is 0 Å². The van der Waals surface area contributed by atoms with Gasteiger partial charge in [0.25, 0.3) is 0 Å². The summed E-state index contributed by atoms with van der Waals surface area (Å²) in [4.78, 5) is 15.8. The van der Waals surface area contributed by atoms with Crippen LogP contribution in [0, 0.1) is 0 Å². The van der Waals surface area contributed by atoms with Crippen LogP contribution in [0.15, 0.2) is 53.4 Å². The van der Waals surface area contributed by atoms with E-state index in [0.717, 1.165) is 31.6 Å². The Hall–Kier alpha value is -1.98. The SMILES string of the molecule is CO[C@@H]1CCN(c2ccc(NC(=O)CCc3ccc(SC)cc3)cc2)C1. The number of benzene rings is 2. The summed E-state index contributed by atoms with van der Waals surface area (Å²) in [5.74, 6) is 0.0484. The van der Waals surface area contributed by atoms with Crippen molar-refractivity contribution in [2.75, 3.05) is 36.7 Å². The van der Waals surface area contributed by atoms with Gasteiger partial charge in [-0.25, -0.2) is 0 Å². The quantitative estimate of drug-likeness (QED) is 0.742. The van der Waals surface area contributed by atoms with Crippen LogP contribution in [-0.2, 0) is 16.0 Å². The van der Waals surface area contributed by atoms with E-state index in [1.54, 1.807) is 18.9 Å². The fraction of sp³-hybridized carbons (Fsp3) is 0.381. The Morgan fingerprint density at radius 2 is 1.92 bits per heavy atom. The smallest absolute Gasteiger partial charge is 0.224 e. The highest BCUT2D eigenvalue weighted by Gasteiger charge is 2.22. The Kier molecular flexibility index (Phi) is 6.58. The van der Waals surface area contributed by atoms with Gasteiger partial charge in [0, 0.05) is 42.9 Å². The van der Waals surface area contributed by atoms with Gasteiger partial charge >= 0.3 is 0 Å². The summed E-state index contributed by atoms with van der Waals surface area (Å²) < 4.78 is 5.42. The number of nitrogens with zero attached hydrogens (tertiary/aromatic N) is 1. The predicted molar refractivity (Wildman–Crippen MR) is 109 cm³/mol. The summed E-state index contributed by atoms with van der Waals surface area (Å²) >= 11 is 1.73. The number of carbonyl (C=O) groups excluding carboxylic acids is 1. The van der Waals surface area contributed by atoms with Gasteiger partial charge in [-0.3, -0.25) is 4.79 Å². The lowest BCUT2D eigenvalue weighted by Gasteiger charge is -2.18. The zero-order valence-electron chi connectivity index (χ0n) is 15.4. The molecule has 0 aromatic heterocycles. The average Bonchev–Trinajstić information content (AvgIpc) is 3.16. The van der Waals surface area contributed by atoms with E-state index >= 15 is 0 Å². The number of anilines is 2. The molecule has 1 atom stereocenters. The summed E-state index contributed by atoms with van der Waals surface area (Å²) in [5.41, 5.74) is 3.21. The topological polar surface area (TPSA) is 41.6 Å². The monoisotopic (exact) mass is 370 g/mol. The summed E-state index contributed by atoms with van der Waals surface area (Å²) in [7, 11) is 1.77. The summed E-state index contributed by atoms with van der Waals surface area (Å²) in [6, 6.07) is 16.5. The highest BCUT2D eigenvalue weighted by atomic mass is 32.2. The van der Waals surface area contributed by atoms with Crippen LogP contribution in [-0.4, -0.2) is 38.5 Å².